The van der Waals surface area contributed by atoms with Gasteiger partial charge in [0.2, 0.25) is 11.8 Å². The molecule has 4 amide bonds. The summed E-state index contributed by atoms with van der Waals surface area (Å²) in [5.41, 5.74) is 2.88. The average molecular weight is 430 g/mol. The van der Waals surface area contributed by atoms with Crippen LogP contribution in [0.4, 0.5) is 10.5 Å². The zero-order valence-corrected chi connectivity index (χ0v) is 17.7. The summed E-state index contributed by atoms with van der Waals surface area (Å²) in [5.74, 6) is -1.18. The van der Waals surface area contributed by atoms with Crippen LogP contribution in [0.5, 0.6) is 0 Å². The van der Waals surface area contributed by atoms with Crippen LogP contribution in [0, 0.1) is 16.7 Å². The first-order chi connectivity index (χ1) is 15.3. The lowest BCUT2D eigenvalue weighted by molar-refractivity contribution is -0.153. The smallest absolute Gasteiger partial charge is 0.328 e. The topological polar surface area (TPSA) is 112 Å². The predicted molar refractivity (Wildman–Crippen MR) is 116 cm³/mol. The number of hydrogen-bond acceptors (Lipinski definition) is 6. The second-order valence-corrected chi connectivity index (χ2v) is 8.67. The number of nitrogens with zero attached hydrogens (tertiary/aromatic N) is 2. The van der Waals surface area contributed by atoms with Crippen LogP contribution in [0.25, 0.3) is 11.1 Å². The van der Waals surface area contributed by atoms with Gasteiger partial charge in [-0.25, -0.2) is 4.79 Å². The monoisotopic (exact) mass is 430 g/mol. The number of barbiturate groups is 1. The Morgan fingerprint density at radius 1 is 1.03 bits per heavy atom. The second kappa shape index (κ2) is 7.18. The third-order valence-electron chi connectivity index (χ3n) is 6.66. The van der Waals surface area contributed by atoms with Gasteiger partial charge in [0.05, 0.1) is 29.9 Å². The number of nitriles is 1. The molecule has 2 N–H and O–H groups in total. The Balaban J connectivity index is 1.64. The molecule has 0 radical (unpaired) electrons. The molecule has 3 heterocycles. The number of benzene rings is 2. The molecule has 0 bridgehead atoms. The summed E-state index contributed by atoms with van der Waals surface area (Å²) in [5, 5.41) is 13.7. The standard InChI is InChI=1S/C24H22N4O4/c1-13-12-28-19-9-17(16-5-3-15(11-25)4-6-16)7-8-18(19)10-24(20(28)14(2)32-13)21(29)26-23(31)27-22(24)30/h3-9,13-14,20H,10,12H2,1-2H3,(H2,26,27,29,30,31). The number of urea groups is 1. The van der Waals surface area contributed by atoms with Crippen LogP contribution >= 0.6 is 0 Å². The number of fused-ring (bicyclic) bond motifs is 4. The number of morpholine rings is 1. The maximum atomic E-state index is 13.1. The van der Waals surface area contributed by atoms with E-state index in [1.807, 2.05) is 38.1 Å². The SMILES string of the molecule is CC1CN2c3cc(-c4ccc(C#N)cc4)ccc3CC3(C(=O)NC(=O)NC3=O)C2C(C)O1. The van der Waals surface area contributed by atoms with Crippen molar-refractivity contribution >= 4 is 23.5 Å². The molecule has 0 aromatic heterocycles. The van der Waals surface area contributed by atoms with Crippen molar-refractivity contribution in [3.8, 4) is 17.2 Å². The summed E-state index contributed by atoms with van der Waals surface area (Å²) in [6, 6.07) is 14.1. The van der Waals surface area contributed by atoms with E-state index in [0.717, 1.165) is 22.4 Å². The maximum Gasteiger partial charge on any atom is 0.328 e. The highest BCUT2D eigenvalue weighted by Gasteiger charge is 2.62. The van der Waals surface area contributed by atoms with E-state index in [2.05, 4.69) is 27.7 Å². The number of rotatable bonds is 1. The fourth-order valence-corrected chi connectivity index (χ4v) is 5.34. The molecule has 3 aliphatic heterocycles. The Labute approximate surface area is 185 Å². The molecular weight excluding hydrogens is 408 g/mol. The molecule has 2 aromatic rings. The van der Waals surface area contributed by atoms with Crippen LogP contribution in [0.2, 0.25) is 0 Å². The Kier molecular flexibility index (Phi) is 4.53. The van der Waals surface area contributed by atoms with Gasteiger partial charge in [0, 0.05) is 12.2 Å². The van der Waals surface area contributed by atoms with E-state index in [-0.39, 0.29) is 12.5 Å². The van der Waals surface area contributed by atoms with E-state index in [4.69, 9.17) is 10.00 Å². The first-order valence-electron chi connectivity index (χ1n) is 10.6. The molecule has 0 aliphatic carbocycles. The van der Waals surface area contributed by atoms with Crippen molar-refractivity contribution in [2.75, 3.05) is 11.4 Å². The molecule has 8 nitrogen and oxygen atoms in total. The fraction of sp³-hybridized carbons (Fsp3) is 0.333. The summed E-state index contributed by atoms with van der Waals surface area (Å²) in [6.45, 7) is 4.33. The quantitative estimate of drug-likeness (QED) is 0.671. The first kappa shape index (κ1) is 20.2. The number of carbonyl (C=O) groups excluding carboxylic acids is 3. The van der Waals surface area contributed by atoms with Crippen LogP contribution in [0.15, 0.2) is 42.5 Å². The van der Waals surface area contributed by atoms with Gasteiger partial charge in [-0.2, -0.15) is 5.26 Å². The van der Waals surface area contributed by atoms with E-state index < -0.39 is 35.4 Å². The highest BCUT2D eigenvalue weighted by atomic mass is 16.5. The van der Waals surface area contributed by atoms with Crippen molar-refractivity contribution in [2.24, 2.45) is 5.41 Å². The number of amides is 4. The van der Waals surface area contributed by atoms with Crippen LogP contribution in [-0.4, -0.2) is 42.6 Å². The minimum atomic E-state index is -1.46. The third kappa shape index (κ3) is 2.89. The molecule has 8 heteroatoms. The average Bonchev–Trinajstić information content (AvgIpc) is 2.77. The molecule has 32 heavy (non-hydrogen) atoms. The minimum Gasteiger partial charge on any atom is -0.372 e. The molecular formula is C24H22N4O4. The summed E-state index contributed by atoms with van der Waals surface area (Å²) >= 11 is 0. The van der Waals surface area contributed by atoms with Crippen LogP contribution in [0.1, 0.15) is 25.0 Å². The number of hydrogen-bond donors (Lipinski definition) is 2. The molecule has 3 unspecified atom stereocenters. The molecule has 0 saturated carbocycles. The molecule has 3 atom stereocenters. The number of nitrogens with one attached hydrogen (secondary N) is 2. The van der Waals surface area contributed by atoms with Gasteiger partial charge in [-0.05, 0) is 55.2 Å². The summed E-state index contributed by atoms with van der Waals surface area (Å²) < 4.78 is 6.04. The summed E-state index contributed by atoms with van der Waals surface area (Å²) in [4.78, 5) is 40.1. The Hall–Kier alpha value is -3.70. The maximum absolute atomic E-state index is 13.1. The van der Waals surface area contributed by atoms with Gasteiger partial charge in [-0.15, -0.1) is 0 Å². The lowest BCUT2D eigenvalue weighted by Crippen LogP contribution is -2.75. The molecule has 2 fully saturated rings. The van der Waals surface area contributed by atoms with Gasteiger partial charge < -0.3 is 9.64 Å². The highest BCUT2D eigenvalue weighted by molar-refractivity contribution is 6.20. The lowest BCUT2D eigenvalue weighted by Gasteiger charge is -2.55. The molecule has 3 aliphatic rings. The van der Waals surface area contributed by atoms with Gasteiger partial charge in [-0.3, -0.25) is 20.2 Å². The van der Waals surface area contributed by atoms with Gasteiger partial charge in [0.25, 0.3) is 0 Å². The number of ether oxygens (including phenoxy) is 1. The lowest BCUT2D eigenvalue weighted by atomic mass is 9.66. The van der Waals surface area contributed by atoms with Crippen molar-refractivity contribution in [1.82, 2.24) is 10.6 Å². The van der Waals surface area contributed by atoms with Crippen LogP contribution in [-0.2, 0) is 20.7 Å². The highest BCUT2D eigenvalue weighted by Crippen LogP contribution is 2.47. The van der Waals surface area contributed by atoms with E-state index in [9.17, 15) is 14.4 Å². The van der Waals surface area contributed by atoms with Crippen molar-refractivity contribution < 1.29 is 19.1 Å². The van der Waals surface area contributed by atoms with Crippen LogP contribution in [0.3, 0.4) is 0 Å². The molecule has 2 aromatic carbocycles. The fourth-order valence-electron chi connectivity index (χ4n) is 5.34. The van der Waals surface area contributed by atoms with Gasteiger partial charge in [0.1, 0.15) is 0 Å². The molecule has 5 rings (SSSR count). The Morgan fingerprint density at radius 2 is 1.69 bits per heavy atom. The molecule has 1 spiro atoms. The second-order valence-electron chi connectivity index (χ2n) is 8.67. The minimum absolute atomic E-state index is 0.0980. The zero-order valence-electron chi connectivity index (χ0n) is 17.7. The van der Waals surface area contributed by atoms with Gasteiger partial charge >= 0.3 is 6.03 Å². The van der Waals surface area contributed by atoms with Crippen molar-refractivity contribution in [3.05, 3.63) is 53.6 Å². The van der Waals surface area contributed by atoms with Crippen molar-refractivity contribution in [1.29, 1.82) is 5.26 Å². The normalized spacial score (nSPS) is 26.0. The van der Waals surface area contributed by atoms with Gasteiger partial charge in [0.15, 0.2) is 5.41 Å². The van der Waals surface area contributed by atoms with E-state index in [1.165, 1.54) is 0 Å². The van der Waals surface area contributed by atoms with Gasteiger partial charge in [-0.1, -0.05) is 24.3 Å². The Bertz CT molecular complexity index is 1160. The van der Waals surface area contributed by atoms with Crippen molar-refractivity contribution in [2.45, 2.75) is 38.5 Å². The largest absolute Gasteiger partial charge is 0.372 e. The van der Waals surface area contributed by atoms with E-state index >= 15 is 0 Å². The third-order valence-corrected chi connectivity index (χ3v) is 6.66. The van der Waals surface area contributed by atoms with Crippen LogP contribution < -0.4 is 15.5 Å². The van der Waals surface area contributed by atoms with E-state index in [0.29, 0.717) is 12.1 Å². The predicted octanol–water partition coefficient (Wildman–Crippen LogP) is 2.12. The molecule has 2 saturated heterocycles. The van der Waals surface area contributed by atoms with Crippen molar-refractivity contribution in [3.63, 3.8) is 0 Å². The molecule has 162 valence electrons. The zero-order chi connectivity index (χ0) is 22.6. The first-order valence-corrected chi connectivity index (χ1v) is 10.6. The summed E-state index contributed by atoms with van der Waals surface area (Å²) in [6.07, 6.45) is -0.334. The number of imide groups is 2. The Morgan fingerprint density at radius 3 is 2.34 bits per heavy atom. The van der Waals surface area contributed by atoms with E-state index in [1.54, 1.807) is 12.1 Å². The number of anilines is 1. The number of carbonyl (C=O) groups is 3. The summed E-state index contributed by atoms with van der Waals surface area (Å²) in [7, 11) is 0.